The number of rotatable bonds is 3. The van der Waals surface area contributed by atoms with Gasteiger partial charge >= 0.3 is 0 Å². The van der Waals surface area contributed by atoms with Crippen LogP contribution in [0.5, 0.6) is 0 Å². The molecule has 4 heteroatoms. The van der Waals surface area contributed by atoms with Crippen molar-refractivity contribution in [3.63, 3.8) is 0 Å². The van der Waals surface area contributed by atoms with Crippen LogP contribution in [-0.2, 0) is 10.9 Å². The molecule has 3 heterocycles. The molecule has 0 atom stereocenters. The fraction of sp³-hybridized carbons (Fsp3) is 0. The van der Waals surface area contributed by atoms with Crippen molar-refractivity contribution < 1.29 is 0 Å². The second kappa shape index (κ2) is 4.75. The first kappa shape index (κ1) is 10.6. The molecule has 0 fully saturated rings. The predicted molar refractivity (Wildman–Crippen MR) is 75.1 cm³/mol. The molecule has 0 spiro atoms. The van der Waals surface area contributed by atoms with E-state index in [4.69, 9.17) is 0 Å². The second-order valence-corrected chi connectivity index (χ2v) is 7.55. The Kier molecular flexibility index (Phi) is 3.15. The third kappa shape index (κ3) is 1.98. The van der Waals surface area contributed by atoms with Crippen molar-refractivity contribution in [2.75, 3.05) is 0 Å². The first-order valence-corrected chi connectivity index (χ1v) is 8.81. The standard InChI is InChI=1S/C12H9S4/c1-4-13-7-10(1)16(11-2-5-14-8-11)12-3-6-15-9-12/h1-9H/q+1. The average Bonchev–Trinajstić information content (AvgIpc) is 3.02. The Morgan fingerprint density at radius 1 is 0.625 bits per heavy atom. The zero-order valence-corrected chi connectivity index (χ0v) is 11.6. The van der Waals surface area contributed by atoms with Gasteiger partial charge in [-0.2, -0.15) is 0 Å². The molecule has 0 aromatic carbocycles. The van der Waals surface area contributed by atoms with E-state index >= 15 is 0 Å². The summed E-state index contributed by atoms with van der Waals surface area (Å²) in [6.45, 7) is 0. The van der Waals surface area contributed by atoms with E-state index in [1.54, 1.807) is 34.0 Å². The monoisotopic (exact) mass is 281 g/mol. The normalized spacial score (nSPS) is 11.1. The molecule has 0 saturated carbocycles. The van der Waals surface area contributed by atoms with Gasteiger partial charge in [-0.15, -0.1) is 34.0 Å². The van der Waals surface area contributed by atoms with Crippen LogP contribution in [0, 0.1) is 0 Å². The summed E-state index contributed by atoms with van der Waals surface area (Å²) < 4.78 is 0. The van der Waals surface area contributed by atoms with E-state index in [1.165, 1.54) is 14.7 Å². The maximum atomic E-state index is 2.26. The summed E-state index contributed by atoms with van der Waals surface area (Å²) in [7, 11) is 0.110. The molecular formula is C12H9S4+. The van der Waals surface area contributed by atoms with Crippen LogP contribution >= 0.6 is 34.0 Å². The molecule has 80 valence electrons. The Labute approximate surface area is 110 Å². The first-order valence-electron chi connectivity index (χ1n) is 4.76. The first-order chi connectivity index (χ1) is 7.95. The summed E-state index contributed by atoms with van der Waals surface area (Å²) in [5.41, 5.74) is 0. The van der Waals surface area contributed by atoms with E-state index in [9.17, 15) is 0 Å². The van der Waals surface area contributed by atoms with Crippen LogP contribution in [0.15, 0.2) is 65.2 Å². The molecule has 0 nitrogen and oxygen atoms in total. The number of thiophene rings is 3. The van der Waals surface area contributed by atoms with Crippen LogP contribution in [0.3, 0.4) is 0 Å². The Morgan fingerprint density at radius 3 is 1.25 bits per heavy atom. The van der Waals surface area contributed by atoms with E-state index in [0.717, 1.165) is 0 Å². The second-order valence-electron chi connectivity index (χ2n) is 3.18. The van der Waals surface area contributed by atoms with E-state index in [2.05, 4.69) is 50.5 Å². The lowest BCUT2D eigenvalue weighted by atomic mass is 10.6. The maximum absolute atomic E-state index is 2.26. The van der Waals surface area contributed by atoms with Crippen molar-refractivity contribution >= 4 is 44.9 Å². The van der Waals surface area contributed by atoms with Crippen LogP contribution in [0.4, 0.5) is 0 Å². The highest BCUT2D eigenvalue weighted by Crippen LogP contribution is 2.34. The largest absolute Gasteiger partial charge is 0.177 e. The van der Waals surface area contributed by atoms with Gasteiger partial charge in [-0.05, 0) is 16.1 Å². The minimum atomic E-state index is 0.110. The van der Waals surface area contributed by atoms with Crippen molar-refractivity contribution in [3.8, 4) is 0 Å². The third-order valence-corrected chi connectivity index (χ3v) is 6.87. The predicted octanol–water partition coefficient (Wildman–Crippen LogP) is 4.97. The lowest BCUT2D eigenvalue weighted by molar-refractivity contribution is 1.41. The fourth-order valence-corrected chi connectivity index (χ4v) is 6.40. The van der Waals surface area contributed by atoms with Gasteiger partial charge in [0.25, 0.3) is 0 Å². The van der Waals surface area contributed by atoms with E-state index in [-0.39, 0.29) is 10.9 Å². The van der Waals surface area contributed by atoms with Crippen molar-refractivity contribution in [2.24, 2.45) is 0 Å². The number of hydrogen-bond acceptors (Lipinski definition) is 3. The molecule has 0 bridgehead atoms. The van der Waals surface area contributed by atoms with Gasteiger partial charge in [-0.3, -0.25) is 0 Å². The Morgan fingerprint density at radius 2 is 1.00 bits per heavy atom. The lowest BCUT2D eigenvalue weighted by Gasteiger charge is -2.00. The van der Waals surface area contributed by atoms with E-state index < -0.39 is 0 Å². The summed E-state index contributed by atoms with van der Waals surface area (Å²) in [6, 6.07) is 6.72. The highest BCUT2D eigenvalue weighted by atomic mass is 32.2. The van der Waals surface area contributed by atoms with Gasteiger partial charge in [-0.25, -0.2) is 0 Å². The average molecular weight is 281 g/mol. The molecule has 3 aromatic rings. The van der Waals surface area contributed by atoms with Crippen molar-refractivity contribution in [2.45, 2.75) is 14.7 Å². The summed E-state index contributed by atoms with van der Waals surface area (Å²) in [4.78, 5) is 4.30. The van der Waals surface area contributed by atoms with Gasteiger partial charge in [-0.1, -0.05) is 0 Å². The van der Waals surface area contributed by atoms with Crippen LogP contribution in [0.2, 0.25) is 0 Å². The van der Waals surface area contributed by atoms with Gasteiger partial charge < -0.3 is 0 Å². The maximum Gasteiger partial charge on any atom is 0.177 e. The Balaban J connectivity index is 2.09. The summed E-state index contributed by atoms with van der Waals surface area (Å²) in [6.07, 6.45) is 0. The molecular weight excluding hydrogens is 272 g/mol. The highest BCUT2D eigenvalue weighted by molar-refractivity contribution is 7.97. The zero-order valence-electron chi connectivity index (χ0n) is 8.33. The Bertz CT molecular complexity index is 438. The molecule has 0 radical (unpaired) electrons. The topological polar surface area (TPSA) is 0 Å². The minimum Gasteiger partial charge on any atom is -0.147 e. The molecule has 0 aliphatic heterocycles. The minimum absolute atomic E-state index is 0.110. The van der Waals surface area contributed by atoms with Gasteiger partial charge in [0, 0.05) is 34.3 Å². The molecule has 0 N–H and O–H groups in total. The van der Waals surface area contributed by atoms with Crippen LogP contribution in [-0.4, -0.2) is 0 Å². The van der Waals surface area contributed by atoms with Crippen LogP contribution in [0.25, 0.3) is 0 Å². The molecule has 0 saturated heterocycles. The molecule has 0 aliphatic carbocycles. The zero-order chi connectivity index (χ0) is 10.8. The molecule has 16 heavy (non-hydrogen) atoms. The summed E-state index contributed by atoms with van der Waals surface area (Å²) in [5.74, 6) is 0. The van der Waals surface area contributed by atoms with E-state index in [1.807, 2.05) is 0 Å². The fourth-order valence-electron chi connectivity index (χ4n) is 1.51. The van der Waals surface area contributed by atoms with Crippen LogP contribution in [0.1, 0.15) is 0 Å². The van der Waals surface area contributed by atoms with Crippen molar-refractivity contribution in [3.05, 3.63) is 50.5 Å². The van der Waals surface area contributed by atoms with Gasteiger partial charge in [0.2, 0.25) is 0 Å². The Hall–Kier alpha value is -0.550. The quantitative estimate of drug-likeness (QED) is 0.595. The molecule has 0 aliphatic rings. The van der Waals surface area contributed by atoms with E-state index in [0.29, 0.717) is 0 Å². The molecule has 0 unspecified atom stereocenters. The van der Waals surface area contributed by atoms with Crippen LogP contribution < -0.4 is 0 Å². The van der Waals surface area contributed by atoms with Crippen molar-refractivity contribution in [1.82, 2.24) is 0 Å². The summed E-state index contributed by atoms with van der Waals surface area (Å²) in [5, 5.41) is 13.3. The van der Waals surface area contributed by atoms with Gasteiger partial charge in [0.15, 0.2) is 14.7 Å². The highest BCUT2D eigenvalue weighted by Gasteiger charge is 2.29. The molecule has 3 rings (SSSR count). The third-order valence-electron chi connectivity index (χ3n) is 2.19. The van der Waals surface area contributed by atoms with Gasteiger partial charge in [0.1, 0.15) is 10.9 Å². The number of hydrogen-bond donors (Lipinski definition) is 0. The van der Waals surface area contributed by atoms with Crippen molar-refractivity contribution in [1.29, 1.82) is 0 Å². The lowest BCUT2D eigenvalue weighted by Crippen LogP contribution is -2.00. The SMILES string of the molecule is c1cc([S+](c2ccsc2)c2ccsc2)cs1. The van der Waals surface area contributed by atoms with Gasteiger partial charge in [0.05, 0.1) is 0 Å². The molecule has 0 amide bonds. The molecule has 3 aromatic heterocycles. The smallest absolute Gasteiger partial charge is 0.147 e. The summed E-state index contributed by atoms with van der Waals surface area (Å²) >= 11 is 5.33.